The van der Waals surface area contributed by atoms with Gasteiger partial charge in [0.1, 0.15) is 0 Å². The predicted molar refractivity (Wildman–Crippen MR) is 100.0 cm³/mol. The van der Waals surface area contributed by atoms with Crippen LogP contribution in [0.1, 0.15) is 0 Å². The lowest BCUT2D eigenvalue weighted by Crippen LogP contribution is -2.18. The Morgan fingerprint density at radius 2 is 1.42 bits per heavy atom. The molecule has 0 saturated carbocycles. The van der Waals surface area contributed by atoms with Crippen molar-refractivity contribution in [2.24, 2.45) is 0 Å². The van der Waals surface area contributed by atoms with Gasteiger partial charge in [0.05, 0.1) is 5.52 Å². The Bertz CT molecular complexity index is 1070. The molecule has 2 nitrogen and oxygen atoms in total. The van der Waals surface area contributed by atoms with Crippen molar-refractivity contribution >= 4 is 22.5 Å². The molecule has 4 rings (SSSR count). The van der Waals surface area contributed by atoms with Gasteiger partial charge in [-0.25, -0.2) is 0 Å². The van der Waals surface area contributed by atoms with Crippen LogP contribution in [0.3, 0.4) is 0 Å². The average molecular weight is 332 g/mol. The highest BCUT2D eigenvalue weighted by Crippen LogP contribution is 2.29. The topological polar surface area (TPSA) is 22.0 Å². The molecule has 1 heterocycles. The van der Waals surface area contributed by atoms with Crippen molar-refractivity contribution in [3.63, 3.8) is 0 Å². The van der Waals surface area contributed by atoms with Crippen LogP contribution in [0.25, 0.3) is 27.7 Å². The second-order valence-electron chi connectivity index (χ2n) is 5.59. The van der Waals surface area contributed by atoms with E-state index in [0.29, 0.717) is 5.02 Å². The minimum absolute atomic E-state index is 0.0511. The molecule has 0 saturated heterocycles. The van der Waals surface area contributed by atoms with Gasteiger partial charge in [0.15, 0.2) is 0 Å². The van der Waals surface area contributed by atoms with Gasteiger partial charge in [-0.15, -0.1) is 0 Å². The van der Waals surface area contributed by atoms with Crippen molar-refractivity contribution < 1.29 is 0 Å². The number of aromatic nitrogens is 1. The summed E-state index contributed by atoms with van der Waals surface area (Å²) >= 11 is 5.99. The fraction of sp³-hybridized carbons (Fsp3) is 0. The summed E-state index contributed by atoms with van der Waals surface area (Å²) in [4.78, 5) is 12.8. The van der Waals surface area contributed by atoms with Gasteiger partial charge in [-0.05, 0) is 41.5 Å². The van der Waals surface area contributed by atoms with Crippen LogP contribution in [-0.4, -0.2) is 4.57 Å². The van der Waals surface area contributed by atoms with Crippen LogP contribution < -0.4 is 5.56 Å². The molecular formula is C21H14ClNO. The van der Waals surface area contributed by atoms with Crippen LogP contribution in [0.15, 0.2) is 89.7 Å². The SMILES string of the molecule is O=c1cc(-c2ccc(Cl)cc2)c2ccccc2n1-c1ccccc1. The lowest BCUT2D eigenvalue weighted by Gasteiger charge is -2.14. The van der Waals surface area contributed by atoms with Crippen LogP contribution in [-0.2, 0) is 0 Å². The van der Waals surface area contributed by atoms with Gasteiger partial charge in [-0.3, -0.25) is 9.36 Å². The van der Waals surface area contributed by atoms with E-state index < -0.39 is 0 Å². The quantitative estimate of drug-likeness (QED) is 0.488. The van der Waals surface area contributed by atoms with Gasteiger partial charge in [-0.2, -0.15) is 0 Å². The lowest BCUT2D eigenvalue weighted by molar-refractivity contribution is 1.04. The monoisotopic (exact) mass is 331 g/mol. The smallest absolute Gasteiger partial charge is 0.256 e. The van der Waals surface area contributed by atoms with Gasteiger partial charge in [0.2, 0.25) is 0 Å². The van der Waals surface area contributed by atoms with E-state index in [2.05, 4.69) is 0 Å². The number of hydrogen-bond acceptors (Lipinski definition) is 1. The third-order valence-corrected chi connectivity index (χ3v) is 4.34. The Balaban J connectivity index is 2.06. The van der Waals surface area contributed by atoms with Gasteiger partial charge < -0.3 is 0 Å². The second-order valence-corrected chi connectivity index (χ2v) is 6.03. The van der Waals surface area contributed by atoms with E-state index in [1.54, 1.807) is 10.6 Å². The molecule has 0 aliphatic heterocycles. The van der Waals surface area contributed by atoms with Crippen molar-refractivity contribution in [3.8, 4) is 16.8 Å². The summed E-state index contributed by atoms with van der Waals surface area (Å²) in [5, 5.41) is 1.71. The Morgan fingerprint density at radius 1 is 0.750 bits per heavy atom. The number of pyridine rings is 1. The molecule has 116 valence electrons. The molecule has 0 N–H and O–H groups in total. The van der Waals surface area contributed by atoms with E-state index in [9.17, 15) is 4.79 Å². The maximum Gasteiger partial charge on any atom is 0.256 e. The highest BCUT2D eigenvalue weighted by Gasteiger charge is 2.11. The standard InChI is InChI=1S/C21H14ClNO/c22-16-12-10-15(11-13-16)19-14-21(24)23(17-6-2-1-3-7-17)20-9-5-4-8-18(19)20/h1-14H. The predicted octanol–water partition coefficient (Wildman–Crippen LogP) is 5.31. The summed E-state index contributed by atoms with van der Waals surface area (Å²) in [7, 11) is 0. The zero-order valence-corrected chi connectivity index (χ0v) is 13.6. The lowest BCUT2D eigenvalue weighted by atomic mass is 10.0. The fourth-order valence-electron chi connectivity index (χ4n) is 2.99. The summed E-state index contributed by atoms with van der Waals surface area (Å²) in [6.45, 7) is 0. The van der Waals surface area contributed by atoms with Gasteiger partial charge in [0.25, 0.3) is 5.56 Å². The first-order chi connectivity index (χ1) is 11.7. The average Bonchev–Trinajstić information content (AvgIpc) is 2.62. The van der Waals surface area contributed by atoms with Crippen molar-refractivity contribution in [2.45, 2.75) is 0 Å². The largest absolute Gasteiger partial charge is 0.277 e. The molecule has 0 aliphatic rings. The first-order valence-electron chi connectivity index (χ1n) is 7.70. The van der Waals surface area contributed by atoms with Gasteiger partial charge in [-0.1, -0.05) is 60.1 Å². The zero-order valence-electron chi connectivity index (χ0n) is 12.8. The van der Waals surface area contributed by atoms with E-state index in [4.69, 9.17) is 11.6 Å². The molecule has 0 radical (unpaired) electrons. The van der Waals surface area contributed by atoms with E-state index >= 15 is 0 Å². The number of benzene rings is 3. The Kier molecular flexibility index (Phi) is 3.68. The third kappa shape index (κ3) is 2.51. The van der Waals surface area contributed by atoms with Crippen LogP contribution in [0.2, 0.25) is 5.02 Å². The minimum atomic E-state index is -0.0511. The molecule has 0 atom stereocenters. The molecule has 0 amide bonds. The van der Waals surface area contributed by atoms with Crippen molar-refractivity contribution in [3.05, 3.63) is 100 Å². The summed E-state index contributed by atoms with van der Waals surface area (Å²) in [6.07, 6.45) is 0. The van der Waals surface area contributed by atoms with E-state index in [0.717, 1.165) is 27.7 Å². The second kappa shape index (κ2) is 5.99. The normalized spacial score (nSPS) is 10.9. The van der Waals surface area contributed by atoms with Gasteiger partial charge in [0, 0.05) is 22.2 Å². The van der Waals surface area contributed by atoms with Crippen LogP contribution in [0, 0.1) is 0 Å². The van der Waals surface area contributed by atoms with E-state index in [1.807, 2.05) is 78.9 Å². The van der Waals surface area contributed by atoms with E-state index in [-0.39, 0.29) is 5.56 Å². The molecule has 3 aromatic carbocycles. The van der Waals surface area contributed by atoms with Crippen LogP contribution >= 0.6 is 11.6 Å². The molecule has 0 spiro atoms. The maximum absolute atomic E-state index is 12.8. The molecule has 4 aromatic rings. The molecule has 3 heteroatoms. The first-order valence-corrected chi connectivity index (χ1v) is 8.08. The third-order valence-electron chi connectivity index (χ3n) is 4.09. The fourth-order valence-corrected chi connectivity index (χ4v) is 3.12. The highest BCUT2D eigenvalue weighted by atomic mass is 35.5. The molecule has 0 unspecified atom stereocenters. The Hall–Kier alpha value is -2.84. The summed E-state index contributed by atoms with van der Waals surface area (Å²) < 4.78 is 1.74. The van der Waals surface area contributed by atoms with Gasteiger partial charge >= 0.3 is 0 Å². The highest BCUT2D eigenvalue weighted by molar-refractivity contribution is 6.30. The number of rotatable bonds is 2. The summed E-state index contributed by atoms with van der Waals surface area (Å²) in [5.74, 6) is 0. The summed E-state index contributed by atoms with van der Waals surface area (Å²) in [5.41, 5.74) is 3.60. The maximum atomic E-state index is 12.8. The van der Waals surface area contributed by atoms with Crippen LogP contribution in [0.4, 0.5) is 0 Å². The first kappa shape index (κ1) is 14.7. The van der Waals surface area contributed by atoms with Crippen molar-refractivity contribution in [2.75, 3.05) is 0 Å². The molecule has 0 aliphatic carbocycles. The molecule has 1 aromatic heterocycles. The summed E-state index contributed by atoms with van der Waals surface area (Å²) in [6, 6.07) is 26.9. The number of nitrogens with zero attached hydrogens (tertiary/aromatic N) is 1. The van der Waals surface area contributed by atoms with E-state index in [1.165, 1.54) is 0 Å². The number of hydrogen-bond donors (Lipinski definition) is 0. The zero-order chi connectivity index (χ0) is 16.5. The Labute approximate surface area is 144 Å². The molecule has 24 heavy (non-hydrogen) atoms. The molecular weight excluding hydrogens is 318 g/mol. The molecule has 0 fully saturated rings. The number of halogens is 1. The van der Waals surface area contributed by atoms with Crippen molar-refractivity contribution in [1.82, 2.24) is 4.57 Å². The number of para-hydroxylation sites is 2. The molecule has 0 bridgehead atoms. The minimum Gasteiger partial charge on any atom is -0.277 e. The Morgan fingerprint density at radius 3 is 2.17 bits per heavy atom. The van der Waals surface area contributed by atoms with Crippen molar-refractivity contribution in [1.29, 1.82) is 0 Å². The van der Waals surface area contributed by atoms with Crippen LogP contribution in [0.5, 0.6) is 0 Å². The number of fused-ring (bicyclic) bond motifs is 1.